The van der Waals surface area contributed by atoms with Crippen LogP contribution in [0.5, 0.6) is 0 Å². The minimum atomic E-state index is -0.758. The second-order valence-corrected chi connectivity index (χ2v) is 4.50. The molecule has 0 radical (unpaired) electrons. The van der Waals surface area contributed by atoms with Gasteiger partial charge in [0.1, 0.15) is 0 Å². The van der Waals surface area contributed by atoms with Gasteiger partial charge in [-0.05, 0) is 26.0 Å². The SMILES string of the molecule is CCC(C)N(C)CC(C(=O)O)c1ccccc1. The Morgan fingerprint density at radius 1 is 1.35 bits per heavy atom. The fourth-order valence-corrected chi connectivity index (χ4v) is 1.79. The second kappa shape index (κ2) is 6.40. The molecule has 0 bridgehead atoms. The van der Waals surface area contributed by atoms with Crippen molar-refractivity contribution >= 4 is 5.97 Å². The summed E-state index contributed by atoms with van der Waals surface area (Å²) in [5, 5.41) is 9.30. The second-order valence-electron chi connectivity index (χ2n) is 4.50. The van der Waals surface area contributed by atoms with Gasteiger partial charge in [0.15, 0.2) is 0 Å². The van der Waals surface area contributed by atoms with Crippen LogP contribution in [0.15, 0.2) is 30.3 Å². The molecule has 94 valence electrons. The van der Waals surface area contributed by atoms with Gasteiger partial charge in [0.25, 0.3) is 0 Å². The van der Waals surface area contributed by atoms with E-state index >= 15 is 0 Å². The van der Waals surface area contributed by atoms with Crippen LogP contribution in [0.25, 0.3) is 0 Å². The van der Waals surface area contributed by atoms with Crippen molar-refractivity contribution < 1.29 is 9.90 Å². The number of nitrogens with zero attached hydrogens (tertiary/aromatic N) is 1. The van der Waals surface area contributed by atoms with E-state index in [-0.39, 0.29) is 0 Å². The Morgan fingerprint density at radius 3 is 2.41 bits per heavy atom. The van der Waals surface area contributed by atoms with Gasteiger partial charge in [-0.15, -0.1) is 0 Å². The first kappa shape index (κ1) is 13.7. The van der Waals surface area contributed by atoms with E-state index in [4.69, 9.17) is 0 Å². The zero-order valence-corrected chi connectivity index (χ0v) is 10.8. The van der Waals surface area contributed by atoms with Gasteiger partial charge in [0, 0.05) is 12.6 Å². The Kier molecular flexibility index (Phi) is 5.16. The van der Waals surface area contributed by atoms with Gasteiger partial charge in [-0.1, -0.05) is 37.3 Å². The number of carboxylic acids is 1. The first-order chi connectivity index (χ1) is 8.06. The quantitative estimate of drug-likeness (QED) is 0.824. The molecule has 1 aromatic carbocycles. The molecule has 0 spiro atoms. The van der Waals surface area contributed by atoms with Crippen LogP contribution in [-0.2, 0) is 4.79 Å². The Bertz CT molecular complexity index is 350. The van der Waals surface area contributed by atoms with Crippen LogP contribution in [0.3, 0.4) is 0 Å². The lowest BCUT2D eigenvalue weighted by molar-refractivity contribution is -0.139. The average molecular weight is 235 g/mol. The zero-order chi connectivity index (χ0) is 12.8. The summed E-state index contributed by atoms with van der Waals surface area (Å²) in [4.78, 5) is 13.4. The van der Waals surface area contributed by atoms with Gasteiger partial charge >= 0.3 is 5.97 Å². The highest BCUT2D eigenvalue weighted by atomic mass is 16.4. The first-order valence-electron chi connectivity index (χ1n) is 6.04. The van der Waals surface area contributed by atoms with Crippen LogP contribution in [0.2, 0.25) is 0 Å². The van der Waals surface area contributed by atoms with Crippen molar-refractivity contribution in [2.45, 2.75) is 32.2 Å². The number of carbonyl (C=O) groups is 1. The van der Waals surface area contributed by atoms with E-state index < -0.39 is 11.9 Å². The van der Waals surface area contributed by atoms with Crippen molar-refractivity contribution in [1.82, 2.24) is 4.90 Å². The molecule has 0 saturated heterocycles. The Balaban J connectivity index is 2.78. The fraction of sp³-hybridized carbons (Fsp3) is 0.500. The average Bonchev–Trinajstić information content (AvgIpc) is 2.35. The highest BCUT2D eigenvalue weighted by molar-refractivity contribution is 5.76. The number of hydrogen-bond acceptors (Lipinski definition) is 2. The number of aliphatic carboxylic acids is 1. The Labute approximate surface area is 103 Å². The lowest BCUT2D eigenvalue weighted by Gasteiger charge is -2.26. The molecule has 3 nitrogen and oxygen atoms in total. The molecule has 0 amide bonds. The third kappa shape index (κ3) is 3.86. The minimum Gasteiger partial charge on any atom is -0.481 e. The molecule has 1 N–H and O–H groups in total. The molecule has 0 fully saturated rings. The van der Waals surface area contributed by atoms with Gasteiger partial charge in [0.2, 0.25) is 0 Å². The van der Waals surface area contributed by atoms with E-state index in [0.717, 1.165) is 12.0 Å². The molecule has 0 aliphatic carbocycles. The molecule has 0 saturated carbocycles. The van der Waals surface area contributed by atoms with Gasteiger partial charge in [0.05, 0.1) is 5.92 Å². The highest BCUT2D eigenvalue weighted by Gasteiger charge is 2.22. The number of hydrogen-bond donors (Lipinski definition) is 1. The maximum atomic E-state index is 11.3. The van der Waals surface area contributed by atoms with Crippen molar-refractivity contribution in [1.29, 1.82) is 0 Å². The van der Waals surface area contributed by atoms with E-state index in [1.807, 2.05) is 37.4 Å². The molecular weight excluding hydrogens is 214 g/mol. The third-order valence-corrected chi connectivity index (χ3v) is 3.31. The lowest BCUT2D eigenvalue weighted by Crippen LogP contribution is -2.34. The smallest absolute Gasteiger partial charge is 0.312 e. The predicted octanol–water partition coefficient (Wildman–Crippen LogP) is 2.59. The van der Waals surface area contributed by atoms with Crippen molar-refractivity contribution in [3.8, 4) is 0 Å². The largest absolute Gasteiger partial charge is 0.481 e. The number of likely N-dealkylation sites (N-methyl/N-ethyl adjacent to an activating group) is 1. The molecule has 3 heteroatoms. The van der Waals surface area contributed by atoms with Crippen LogP contribution in [0.4, 0.5) is 0 Å². The lowest BCUT2D eigenvalue weighted by atomic mass is 9.98. The number of carboxylic acid groups (broad SMARTS) is 1. The zero-order valence-electron chi connectivity index (χ0n) is 10.8. The standard InChI is InChI=1S/C14H21NO2/c1-4-11(2)15(3)10-13(14(16)17)12-8-6-5-7-9-12/h5-9,11,13H,4,10H2,1-3H3,(H,16,17). The predicted molar refractivity (Wildman–Crippen MR) is 69.2 cm³/mol. The summed E-state index contributed by atoms with van der Waals surface area (Å²) in [5.74, 6) is -1.21. The maximum absolute atomic E-state index is 11.3. The highest BCUT2D eigenvalue weighted by Crippen LogP contribution is 2.18. The van der Waals surface area contributed by atoms with Crippen LogP contribution in [0.1, 0.15) is 31.7 Å². The van der Waals surface area contributed by atoms with Crippen molar-refractivity contribution in [3.63, 3.8) is 0 Å². The van der Waals surface area contributed by atoms with Gasteiger partial charge in [-0.25, -0.2) is 0 Å². The third-order valence-electron chi connectivity index (χ3n) is 3.31. The minimum absolute atomic E-state index is 0.403. The van der Waals surface area contributed by atoms with Crippen LogP contribution < -0.4 is 0 Å². The topological polar surface area (TPSA) is 40.5 Å². The van der Waals surface area contributed by atoms with E-state index in [1.165, 1.54) is 0 Å². The maximum Gasteiger partial charge on any atom is 0.312 e. The van der Waals surface area contributed by atoms with Crippen LogP contribution in [0, 0.1) is 0 Å². The fourth-order valence-electron chi connectivity index (χ4n) is 1.79. The molecule has 0 aliphatic rings. The Hall–Kier alpha value is -1.35. The molecule has 1 rings (SSSR count). The monoisotopic (exact) mass is 235 g/mol. The van der Waals surface area contributed by atoms with Crippen LogP contribution >= 0.6 is 0 Å². The normalized spacial score (nSPS) is 14.6. The van der Waals surface area contributed by atoms with Crippen LogP contribution in [-0.4, -0.2) is 35.6 Å². The molecule has 17 heavy (non-hydrogen) atoms. The van der Waals surface area contributed by atoms with Gasteiger partial charge in [-0.3, -0.25) is 4.79 Å². The summed E-state index contributed by atoms with van der Waals surface area (Å²) < 4.78 is 0. The van der Waals surface area contributed by atoms with E-state index in [2.05, 4.69) is 18.7 Å². The summed E-state index contributed by atoms with van der Waals surface area (Å²) in [6.07, 6.45) is 1.03. The Morgan fingerprint density at radius 2 is 1.94 bits per heavy atom. The summed E-state index contributed by atoms with van der Waals surface area (Å²) in [7, 11) is 1.98. The molecule has 2 atom stereocenters. The van der Waals surface area contributed by atoms with Crippen molar-refractivity contribution in [3.05, 3.63) is 35.9 Å². The summed E-state index contributed by atoms with van der Waals surface area (Å²) in [6, 6.07) is 9.83. The molecule has 0 heterocycles. The van der Waals surface area contributed by atoms with Gasteiger partial charge < -0.3 is 10.0 Å². The number of benzene rings is 1. The van der Waals surface area contributed by atoms with Gasteiger partial charge in [-0.2, -0.15) is 0 Å². The molecule has 0 aliphatic heterocycles. The first-order valence-corrected chi connectivity index (χ1v) is 6.04. The summed E-state index contributed by atoms with van der Waals surface area (Å²) in [5.41, 5.74) is 0.871. The number of rotatable bonds is 6. The molecule has 2 unspecified atom stereocenters. The van der Waals surface area contributed by atoms with E-state index in [9.17, 15) is 9.90 Å². The summed E-state index contributed by atoms with van der Waals surface area (Å²) in [6.45, 7) is 4.78. The molecule has 1 aromatic rings. The van der Waals surface area contributed by atoms with Crippen molar-refractivity contribution in [2.75, 3.05) is 13.6 Å². The summed E-state index contributed by atoms with van der Waals surface area (Å²) >= 11 is 0. The molecular formula is C14H21NO2. The van der Waals surface area contributed by atoms with E-state index in [0.29, 0.717) is 12.6 Å². The van der Waals surface area contributed by atoms with Crippen molar-refractivity contribution in [2.24, 2.45) is 0 Å². The molecule has 0 aromatic heterocycles. The van der Waals surface area contributed by atoms with E-state index in [1.54, 1.807) is 0 Å².